The third-order valence-electron chi connectivity index (χ3n) is 4.72. The van der Waals surface area contributed by atoms with Crippen LogP contribution in [0.2, 0.25) is 0 Å². The first kappa shape index (κ1) is 14.9. The van der Waals surface area contributed by atoms with Crippen molar-refractivity contribution in [1.82, 2.24) is 19.9 Å². The first-order chi connectivity index (χ1) is 11.8. The van der Waals surface area contributed by atoms with E-state index in [9.17, 15) is 4.79 Å². The summed E-state index contributed by atoms with van der Waals surface area (Å²) >= 11 is 0. The maximum Gasteiger partial charge on any atom is 0.244 e. The number of aromatic nitrogens is 3. The average Bonchev–Trinajstić information content (AvgIpc) is 3.23. The molecule has 1 aromatic heterocycles. The predicted molar refractivity (Wildman–Crippen MR) is 92.4 cm³/mol. The minimum atomic E-state index is 0.129. The summed E-state index contributed by atoms with van der Waals surface area (Å²) in [5.41, 5.74) is 3.02. The van der Waals surface area contributed by atoms with Crippen LogP contribution in [-0.4, -0.2) is 38.4 Å². The van der Waals surface area contributed by atoms with Crippen LogP contribution in [0.15, 0.2) is 54.6 Å². The summed E-state index contributed by atoms with van der Waals surface area (Å²) in [7, 11) is 0. The highest BCUT2D eigenvalue weighted by molar-refractivity contribution is 5.80. The van der Waals surface area contributed by atoms with Crippen molar-refractivity contribution in [2.75, 3.05) is 6.54 Å². The smallest absolute Gasteiger partial charge is 0.244 e. The van der Waals surface area contributed by atoms with Crippen molar-refractivity contribution in [2.24, 2.45) is 0 Å². The molecular weight excluding hydrogens is 300 g/mol. The van der Waals surface area contributed by atoms with Gasteiger partial charge < -0.3 is 4.90 Å². The number of carbonyl (C=O) groups excluding carboxylic acids is 1. The Hall–Kier alpha value is -2.69. The Morgan fingerprint density at radius 2 is 1.88 bits per heavy atom. The summed E-state index contributed by atoms with van der Waals surface area (Å²) in [5.74, 6) is 0.129. The maximum atomic E-state index is 12.8. The summed E-state index contributed by atoms with van der Waals surface area (Å²) in [6, 6.07) is 18.4. The second-order valence-electron chi connectivity index (χ2n) is 6.31. The molecule has 1 aliphatic heterocycles. The summed E-state index contributed by atoms with van der Waals surface area (Å²) < 4.78 is 1.70. The lowest BCUT2D eigenvalue weighted by Crippen LogP contribution is -2.39. The number of benzene rings is 2. The van der Waals surface area contributed by atoms with Gasteiger partial charge in [0, 0.05) is 12.6 Å². The number of rotatable bonds is 4. The van der Waals surface area contributed by atoms with E-state index in [0.29, 0.717) is 0 Å². The van der Waals surface area contributed by atoms with Gasteiger partial charge in [0.15, 0.2) is 0 Å². The number of fused-ring (bicyclic) bond motifs is 1. The fourth-order valence-electron chi connectivity index (χ4n) is 3.52. The van der Waals surface area contributed by atoms with E-state index in [1.165, 1.54) is 5.56 Å². The molecule has 1 atom stereocenters. The monoisotopic (exact) mass is 320 g/mol. The van der Waals surface area contributed by atoms with E-state index in [0.717, 1.165) is 36.8 Å². The van der Waals surface area contributed by atoms with Gasteiger partial charge in [-0.3, -0.25) is 4.79 Å². The number of nitrogens with zero attached hydrogens (tertiary/aromatic N) is 4. The molecule has 0 saturated carbocycles. The average molecular weight is 320 g/mol. The number of carbonyl (C=O) groups is 1. The quantitative estimate of drug-likeness (QED) is 0.742. The summed E-state index contributed by atoms with van der Waals surface area (Å²) in [4.78, 5) is 14.8. The number of likely N-dealkylation sites (tertiary alicyclic amines) is 1. The molecule has 1 amide bonds. The molecule has 5 nitrogen and oxygen atoms in total. The minimum Gasteiger partial charge on any atom is -0.338 e. The normalized spacial score (nSPS) is 17.5. The van der Waals surface area contributed by atoms with Crippen LogP contribution in [0.25, 0.3) is 11.0 Å². The van der Waals surface area contributed by atoms with Crippen LogP contribution in [0.4, 0.5) is 0 Å². The van der Waals surface area contributed by atoms with E-state index in [1.54, 1.807) is 4.68 Å². The molecule has 0 spiro atoms. The molecule has 0 radical (unpaired) electrons. The molecule has 1 aliphatic rings. The van der Waals surface area contributed by atoms with Crippen molar-refractivity contribution in [3.8, 4) is 0 Å². The van der Waals surface area contributed by atoms with Crippen LogP contribution in [0.3, 0.4) is 0 Å². The maximum absolute atomic E-state index is 12.8. The second-order valence-corrected chi connectivity index (χ2v) is 6.31. The Morgan fingerprint density at radius 1 is 1.08 bits per heavy atom. The third-order valence-corrected chi connectivity index (χ3v) is 4.72. The van der Waals surface area contributed by atoms with Gasteiger partial charge in [0.25, 0.3) is 0 Å². The van der Waals surface area contributed by atoms with E-state index in [2.05, 4.69) is 34.6 Å². The Bertz CT molecular complexity index is 843. The summed E-state index contributed by atoms with van der Waals surface area (Å²) in [5, 5.41) is 8.26. The molecular formula is C19H20N4O. The summed E-state index contributed by atoms with van der Waals surface area (Å²) in [6.45, 7) is 1.09. The van der Waals surface area contributed by atoms with Crippen molar-refractivity contribution in [3.63, 3.8) is 0 Å². The molecule has 0 N–H and O–H groups in total. The molecule has 4 rings (SSSR count). The van der Waals surface area contributed by atoms with E-state index < -0.39 is 0 Å². The van der Waals surface area contributed by atoms with Gasteiger partial charge in [-0.05, 0) is 37.0 Å². The minimum absolute atomic E-state index is 0.129. The van der Waals surface area contributed by atoms with E-state index in [4.69, 9.17) is 0 Å². The zero-order valence-corrected chi connectivity index (χ0v) is 13.5. The molecule has 0 bridgehead atoms. The molecule has 0 aliphatic carbocycles. The van der Waals surface area contributed by atoms with Crippen molar-refractivity contribution in [1.29, 1.82) is 0 Å². The SMILES string of the molecule is O=C(Cn1nnc2ccccc21)N1CCC[C@@H]1Cc1ccccc1. The van der Waals surface area contributed by atoms with Gasteiger partial charge in [-0.2, -0.15) is 0 Å². The first-order valence-corrected chi connectivity index (χ1v) is 8.43. The lowest BCUT2D eigenvalue weighted by atomic mass is 10.0. The van der Waals surface area contributed by atoms with Crippen LogP contribution in [0.1, 0.15) is 18.4 Å². The van der Waals surface area contributed by atoms with E-state index >= 15 is 0 Å². The third kappa shape index (κ3) is 2.89. The van der Waals surface area contributed by atoms with Crippen molar-refractivity contribution < 1.29 is 4.79 Å². The zero-order valence-electron chi connectivity index (χ0n) is 13.5. The van der Waals surface area contributed by atoms with Crippen LogP contribution < -0.4 is 0 Å². The Balaban J connectivity index is 1.49. The predicted octanol–water partition coefficient (Wildman–Crippen LogP) is 2.67. The lowest BCUT2D eigenvalue weighted by molar-refractivity contribution is -0.132. The standard InChI is InChI=1S/C19H20N4O/c24-19(14-23-18-11-5-4-10-17(18)20-21-23)22-12-6-9-16(22)13-15-7-2-1-3-8-15/h1-5,7-8,10-11,16H,6,9,12-14H2/t16-/m1/s1. The zero-order chi connectivity index (χ0) is 16.4. The second kappa shape index (κ2) is 6.43. The summed E-state index contributed by atoms with van der Waals surface area (Å²) in [6.07, 6.45) is 3.06. The van der Waals surface area contributed by atoms with Crippen LogP contribution in [-0.2, 0) is 17.8 Å². The molecule has 3 aromatic rings. The number of amides is 1. The Labute approximate surface area is 140 Å². The van der Waals surface area contributed by atoms with Gasteiger partial charge in [-0.15, -0.1) is 5.10 Å². The van der Waals surface area contributed by atoms with Gasteiger partial charge in [0.05, 0.1) is 5.52 Å². The molecule has 1 saturated heterocycles. The van der Waals surface area contributed by atoms with Gasteiger partial charge in [-0.25, -0.2) is 4.68 Å². The largest absolute Gasteiger partial charge is 0.338 e. The highest BCUT2D eigenvalue weighted by atomic mass is 16.2. The van der Waals surface area contributed by atoms with Gasteiger partial charge >= 0.3 is 0 Å². The fourth-order valence-corrected chi connectivity index (χ4v) is 3.52. The Kier molecular flexibility index (Phi) is 3.99. The van der Waals surface area contributed by atoms with Gasteiger partial charge in [0.2, 0.25) is 5.91 Å². The topological polar surface area (TPSA) is 51.0 Å². The molecule has 5 heteroatoms. The molecule has 2 aromatic carbocycles. The van der Waals surface area contributed by atoms with Crippen LogP contribution >= 0.6 is 0 Å². The molecule has 122 valence electrons. The van der Waals surface area contributed by atoms with Crippen molar-refractivity contribution in [2.45, 2.75) is 31.8 Å². The Morgan fingerprint density at radius 3 is 2.75 bits per heavy atom. The highest BCUT2D eigenvalue weighted by Gasteiger charge is 2.29. The number of para-hydroxylation sites is 1. The molecule has 1 fully saturated rings. The molecule has 2 heterocycles. The van der Waals surface area contributed by atoms with Crippen LogP contribution in [0, 0.1) is 0 Å². The number of hydrogen-bond acceptors (Lipinski definition) is 3. The number of hydrogen-bond donors (Lipinski definition) is 0. The highest BCUT2D eigenvalue weighted by Crippen LogP contribution is 2.22. The van der Waals surface area contributed by atoms with Crippen molar-refractivity contribution in [3.05, 3.63) is 60.2 Å². The first-order valence-electron chi connectivity index (χ1n) is 8.43. The lowest BCUT2D eigenvalue weighted by Gasteiger charge is -2.25. The fraction of sp³-hybridized carbons (Fsp3) is 0.316. The van der Waals surface area contributed by atoms with Crippen LogP contribution in [0.5, 0.6) is 0 Å². The van der Waals surface area contributed by atoms with Gasteiger partial charge in [-0.1, -0.05) is 47.7 Å². The van der Waals surface area contributed by atoms with E-state index in [-0.39, 0.29) is 18.5 Å². The van der Waals surface area contributed by atoms with E-state index in [1.807, 2.05) is 35.2 Å². The van der Waals surface area contributed by atoms with Gasteiger partial charge in [0.1, 0.15) is 12.1 Å². The van der Waals surface area contributed by atoms with Crippen molar-refractivity contribution >= 4 is 16.9 Å². The molecule has 24 heavy (non-hydrogen) atoms. The molecule has 0 unspecified atom stereocenters.